The monoisotopic (exact) mass is 418 g/mol. The summed E-state index contributed by atoms with van der Waals surface area (Å²) in [6.45, 7) is 3.96. The SMILES string of the molecule is Cc1ccc2nc(-n3nc(C)c4c3NC(=O)CC4c3ccc(C(=O)O)cc3)sc2c1. The first-order valence-electron chi connectivity index (χ1n) is 9.51. The van der Waals surface area contributed by atoms with E-state index in [2.05, 4.69) is 11.4 Å². The first-order chi connectivity index (χ1) is 14.4. The number of rotatable bonds is 3. The summed E-state index contributed by atoms with van der Waals surface area (Å²) in [6, 6.07) is 12.8. The van der Waals surface area contributed by atoms with E-state index < -0.39 is 5.97 Å². The molecule has 3 heterocycles. The number of hydrogen-bond acceptors (Lipinski definition) is 5. The van der Waals surface area contributed by atoms with Gasteiger partial charge in [-0.1, -0.05) is 29.5 Å². The summed E-state index contributed by atoms with van der Waals surface area (Å²) in [5.74, 6) is -0.638. The number of anilines is 1. The number of carboxylic acid groups (broad SMARTS) is 1. The summed E-state index contributed by atoms with van der Waals surface area (Å²) in [6.07, 6.45) is 0.283. The Morgan fingerprint density at radius 3 is 2.70 bits per heavy atom. The predicted molar refractivity (Wildman–Crippen MR) is 115 cm³/mol. The normalized spacial score (nSPS) is 15.8. The predicted octanol–water partition coefficient (Wildman–Crippen LogP) is 4.27. The van der Waals surface area contributed by atoms with Gasteiger partial charge in [-0.15, -0.1) is 0 Å². The fraction of sp³-hybridized carbons (Fsp3) is 0.182. The Morgan fingerprint density at radius 2 is 1.97 bits per heavy atom. The molecule has 1 unspecified atom stereocenters. The Bertz CT molecular complexity index is 1320. The van der Waals surface area contributed by atoms with Crippen LogP contribution in [-0.2, 0) is 4.79 Å². The number of hydrogen-bond donors (Lipinski definition) is 2. The summed E-state index contributed by atoms with van der Waals surface area (Å²) < 4.78 is 2.77. The molecule has 1 atom stereocenters. The molecule has 0 saturated carbocycles. The fourth-order valence-corrected chi connectivity index (χ4v) is 4.96. The maximum Gasteiger partial charge on any atom is 0.335 e. The van der Waals surface area contributed by atoms with Gasteiger partial charge in [0.2, 0.25) is 11.0 Å². The average Bonchev–Trinajstić information content (AvgIpc) is 3.28. The minimum absolute atomic E-state index is 0.104. The molecular formula is C22H18N4O3S. The molecule has 0 bridgehead atoms. The Labute approximate surface area is 176 Å². The number of nitrogens with one attached hydrogen (secondary N) is 1. The average molecular weight is 418 g/mol. The van der Waals surface area contributed by atoms with Crippen LogP contribution >= 0.6 is 11.3 Å². The smallest absolute Gasteiger partial charge is 0.335 e. The Morgan fingerprint density at radius 1 is 1.20 bits per heavy atom. The number of carbonyl (C=O) groups is 2. The molecule has 30 heavy (non-hydrogen) atoms. The minimum Gasteiger partial charge on any atom is -0.478 e. The molecule has 5 rings (SSSR count). The second-order valence-corrected chi connectivity index (χ2v) is 8.47. The molecule has 150 valence electrons. The van der Waals surface area contributed by atoms with Gasteiger partial charge in [0.1, 0.15) is 5.82 Å². The molecule has 2 aromatic heterocycles. The van der Waals surface area contributed by atoms with Crippen LogP contribution in [-0.4, -0.2) is 31.7 Å². The van der Waals surface area contributed by atoms with Gasteiger partial charge in [0.15, 0.2) is 0 Å². The van der Waals surface area contributed by atoms with Gasteiger partial charge < -0.3 is 10.4 Å². The zero-order chi connectivity index (χ0) is 21.0. The summed E-state index contributed by atoms with van der Waals surface area (Å²) in [5, 5.41) is 17.5. The van der Waals surface area contributed by atoms with Crippen molar-refractivity contribution in [3.8, 4) is 5.13 Å². The number of aryl methyl sites for hydroxylation is 2. The van der Waals surface area contributed by atoms with Crippen molar-refractivity contribution in [3.05, 3.63) is 70.4 Å². The molecule has 4 aromatic rings. The highest BCUT2D eigenvalue weighted by Gasteiger charge is 2.33. The third-order valence-corrected chi connectivity index (χ3v) is 6.37. The number of aromatic nitrogens is 3. The Kier molecular flexibility index (Phi) is 4.18. The number of benzene rings is 2. The third-order valence-electron chi connectivity index (χ3n) is 5.38. The largest absolute Gasteiger partial charge is 0.478 e. The number of aromatic carboxylic acids is 1. The number of carbonyl (C=O) groups excluding carboxylic acids is 1. The lowest BCUT2D eigenvalue weighted by molar-refractivity contribution is -0.116. The van der Waals surface area contributed by atoms with Crippen LogP contribution in [0.15, 0.2) is 42.5 Å². The van der Waals surface area contributed by atoms with E-state index >= 15 is 0 Å². The van der Waals surface area contributed by atoms with Gasteiger partial charge in [-0.05, 0) is 49.2 Å². The molecule has 1 aliphatic heterocycles. The Hall–Kier alpha value is -3.52. The van der Waals surface area contributed by atoms with Gasteiger partial charge in [0.25, 0.3) is 0 Å². The van der Waals surface area contributed by atoms with E-state index in [1.165, 1.54) is 11.3 Å². The maximum absolute atomic E-state index is 12.5. The first-order valence-corrected chi connectivity index (χ1v) is 10.3. The van der Waals surface area contributed by atoms with Crippen LogP contribution in [0.25, 0.3) is 15.3 Å². The van der Waals surface area contributed by atoms with Gasteiger partial charge in [-0.3, -0.25) is 4.79 Å². The van der Waals surface area contributed by atoms with Crippen LogP contribution in [0, 0.1) is 13.8 Å². The van der Waals surface area contributed by atoms with Crippen LogP contribution in [0.2, 0.25) is 0 Å². The second-order valence-electron chi connectivity index (χ2n) is 7.46. The van der Waals surface area contributed by atoms with Crippen molar-refractivity contribution in [1.82, 2.24) is 14.8 Å². The van der Waals surface area contributed by atoms with E-state index in [0.29, 0.717) is 10.9 Å². The number of carboxylic acids is 1. The molecule has 1 amide bonds. The topological polar surface area (TPSA) is 97.1 Å². The lowest BCUT2D eigenvalue weighted by Crippen LogP contribution is -2.25. The Balaban J connectivity index is 1.63. The highest BCUT2D eigenvalue weighted by Crippen LogP contribution is 2.41. The van der Waals surface area contributed by atoms with Crippen LogP contribution < -0.4 is 5.32 Å². The summed E-state index contributed by atoms with van der Waals surface area (Å²) in [7, 11) is 0. The van der Waals surface area contributed by atoms with Crippen molar-refractivity contribution < 1.29 is 14.7 Å². The van der Waals surface area contributed by atoms with Gasteiger partial charge in [0, 0.05) is 17.9 Å². The molecule has 0 radical (unpaired) electrons. The van der Waals surface area contributed by atoms with Crippen LogP contribution in [0.3, 0.4) is 0 Å². The molecule has 2 aromatic carbocycles. The van der Waals surface area contributed by atoms with Crippen LogP contribution in [0.5, 0.6) is 0 Å². The molecule has 0 aliphatic carbocycles. The second kappa shape index (κ2) is 6.77. The van der Waals surface area contributed by atoms with Crippen molar-refractivity contribution in [2.24, 2.45) is 0 Å². The highest BCUT2D eigenvalue weighted by molar-refractivity contribution is 7.20. The lowest BCUT2D eigenvalue weighted by atomic mass is 9.85. The molecule has 1 aliphatic rings. The highest BCUT2D eigenvalue weighted by atomic mass is 32.1. The molecule has 2 N–H and O–H groups in total. The van der Waals surface area contributed by atoms with Gasteiger partial charge in [-0.2, -0.15) is 9.78 Å². The zero-order valence-corrected chi connectivity index (χ0v) is 17.2. The van der Waals surface area contributed by atoms with E-state index in [-0.39, 0.29) is 23.8 Å². The van der Waals surface area contributed by atoms with Crippen molar-refractivity contribution in [2.45, 2.75) is 26.2 Å². The number of amides is 1. The summed E-state index contributed by atoms with van der Waals surface area (Å²) in [5.41, 5.74) is 4.91. The first kappa shape index (κ1) is 18.5. The summed E-state index contributed by atoms with van der Waals surface area (Å²) >= 11 is 1.53. The quantitative estimate of drug-likeness (QED) is 0.518. The zero-order valence-electron chi connectivity index (χ0n) is 16.3. The van der Waals surface area contributed by atoms with Crippen LogP contribution in [0.1, 0.15) is 45.1 Å². The van der Waals surface area contributed by atoms with Crippen molar-refractivity contribution in [1.29, 1.82) is 0 Å². The van der Waals surface area contributed by atoms with Gasteiger partial charge in [-0.25, -0.2) is 9.78 Å². The van der Waals surface area contributed by atoms with Gasteiger partial charge in [0.05, 0.1) is 21.5 Å². The van der Waals surface area contributed by atoms with E-state index in [1.807, 2.05) is 26.0 Å². The minimum atomic E-state index is -0.973. The van der Waals surface area contributed by atoms with Crippen molar-refractivity contribution in [3.63, 3.8) is 0 Å². The molecule has 0 saturated heterocycles. The van der Waals surface area contributed by atoms with E-state index in [1.54, 1.807) is 28.9 Å². The van der Waals surface area contributed by atoms with E-state index in [9.17, 15) is 9.59 Å². The third kappa shape index (κ3) is 2.96. The maximum atomic E-state index is 12.5. The summed E-state index contributed by atoms with van der Waals surface area (Å²) in [4.78, 5) is 28.4. The number of nitrogens with zero attached hydrogens (tertiary/aromatic N) is 3. The molecule has 0 spiro atoms. The molecule has 0 fully saturated rings. The molecular weight excluding hydrogens is 400 g/mol. The van der Waals surface area contributed by atoms with Crippen molar-refractivity contribution in [2.75, 3.05) is 5.32 Å². The van der Waals surface area contributed by atoms with Crippen LogP contribution in [0.4, 0.5) is 5.82 Å². The molecule has 8 heteroatoms. The standard InChI is InChI=1S/C22H18N4O3S/c1-11-3-8-16-17(9-11)30-22(23-16)26-20-19(12(2)25-26)15(10-18(27)24-20)13-4-6-14(7-5-13)21(28)29/h3-9,15H,10H2,1-2H3,(H,24,27)(H,28,29). The fourth-order valence-electron chi connectivity index (χ4n) is 3.94. The van der Waals surface area contributed by atoms with E-state index in [0.717, 1.165) is 32.6 Å². The van der Waals surface area contributed by atoms with Gasteiger partial charge >= 0.3 is 5.97 Å². The lowest BCUT2D eigenvalue weighted by Gasteiger charge is -2.24. The number of fused-ring (bicyclic) bond motifs is 2. The number of thiazole rings is 1. The van der Waals surface area contributed by atoms with Crippen molar-refractivity contribution >= 4 is 39.2 Å². The molecule has 7 nitrogen and oxygen atoms in total. The van der Waals surface area contributed by atoms with E-state index in [4.69, 9.17) is 15.2 Å².